The summed E-state index contributed by atoms with van der Waals surface area (Å²) in [5, 5.41) is 4.60. The van der Waals surface area contributed by atoms with Crippen molar-refractivity contribution >= 4 is 10.8 Å². The molecule has 0 bridgehead atoms. The summed E-state index contributed by atoms with van der Waals surface area (Å²) in [5.74, 6) is -0.188. The number of benzene rings is 1. The van der Waals surface area contributed by atoms with E-state index in [-0.39, 0.29) is 5.82 Å². The van der Waals surface area contributed by atoms with Crippen LogP contribution in [0.25, 0.3) is 10.8 Å². The third kappa shape index (κ3) is 1.97. The highest BCUT2D eigenvalue weighted by atomic mass is 19.1. The minimum Gasteiger partial charge on any atom is -0.319 e. The van der Waals surface area contributed by atoms with E-state index in [1.165, 1.54) is 6.07 Å². The lowest BCUT2D eigenvalue weighted by atomic mass is 10.1. The number of aromatic nitrogens is 1. The summed E-state index contributed by atoms with van der Waals surface area (Å²) in [4.78, 5) is 4.23. The number of hydrogen-bond acceptors (Lipinski definition) is 2. The van der Waals surface area contributed by atoms with Crippen LogP contribution in [-0.4, -0.2) is 18.6 Å². The zero-order valence-electron chi connectivity index (χ0n) is 8.63. The largest absolute Gasteiger partial charge is 0.319 e. The van der Waals surface area contributed by atoms with Crippen molar-refractivity contribution in [2.24, 2.45) is 0 Å². The maximum atomic E-state index is 13.6. The highest BCUT2D eigenvalue weighted by molar-refractivity contribution is 5.84. The fourth-order valence-electron chi connectivity index (χ4n) is 1.69. The van der Waals surface area contributed by atoms with Crippen LogP contribution in [0.2, 0.25) is 0 Å². The van der Waals surface area contributed by atoms with Crippen LogP contribution in [0.1, 0.15) is 5.69 Å². The minimum atomic E-state index is -0.188. The van der Waals surface area contributed by atoms with Gasteiger partial charge in [-0.1, -0.05) is 12.1 Å². The molecule has 0 unspecified atom stereocenters. The first-order chi connectivity index (χ1) is 7.33. The summed E-state index contributed by atoms with van der Waals surface area (Å²) in [6.07, 6.45) is 2.47. The predicted octanol–water partition coefficient (Wildman–Crippen LogP) is 2.14. The molecule has 0 fully saturated rings. The summed E-state index contributed by atoms with van der Waals surface area (Å²) >= 11 is 0. The van der Waals surface area contributed by atoms with E-state index in [0.29, 0.717) is 5.39 Å². The SMILES string of the molecule is CNCCc1nccc2cccc(F)c12. The van der Waals surface area contributed by atoms with Crippen molar-refractivity contribution in [1.29, 1.82) is 0 Å². The lowest BCUT2D eigenvalue weighted by molar-refractivity contribution is 0.637. The van der Waals surface area contributed by atoms with Crippen LogP contribution < -0.4 is 5.32 Å². The van der Waals surface area contributed by atoms with Gasteiger partial charge in [0.25, 0.3) is 0 Å². The van der Waals surface area contributed by atoms with E-state index >= 15 is 0 Å². The molecule has 0 aliphatic heterocycles. The van der Waals surface area contributed by atoms with E-state index in [4.69, 9.17) is 0 Å². The molecule has 2 nitrogen and oxygen atoms in total. The average molecular weight is 204 g/mol. The van der Waals surface area contributed by atoms with Crippen molar-refractivity contribution in [3.63, 3.8) is 0 Å². The molecule has 78 valence electrons. The number of nitrogens with one attached hydrogen (secondary N) is 1. The van der Waals surface area contributed by atoms with Crippen LogP contribution in [-0.2, 0) is 6.42 Å². The molecule has 1 aromatic heterocycles. The number of halogens is 1. The van der Waals surface area contributed by atoms with Gasteiger partial charge in [-0.3, -0.25) is 4.98 Å². The Kier molecular flexibility index (Phi) is 2.92. The van der Waals surface area contributed by atoms with Crippen molar-refractivity contribution in [1.82, 2.24) is 10.3 Å². The van der Waals surface area contributed by atoms with E-state index in [9.17, 15) is 4.39 Å². The molecular weight excluding hydrogens is 191 g/mol. The normalized spacial score (nSPS) is 10.8. The molecule has 0 atom stereocenters. The standard InChI is InChI=1S/C12H13FN2/c1-14-7-6-11-12-9(5-8-15-11)3-2-4-10(12)13/h2-5,8,14H,6-7H2,1H3. The fraction of sp³-hybridized carbons (Fsp3) is 0.250. The number of pyridine rings is 1. The summed E-state index contributed by atoms with van der Waals surface area (Å²) in [6.45, 7) is 0.806. The third-order valence-corrected chi connectivity index (χ3v) is 2.43. The number of nitrogens with zero attached hydrogens (tertiary/aromatic N) is 1. The Labute approximate surface area is 88.1 Å². The van der Waals surface area contributed by atoms with Gasteiger partial charge in [0.1, 0.15) is 5.82 Å². The molecule has 0 aliphatic rings. The second-order valence-electron chi connectivity index (χ2n) is 3.45. The lowest BCUT2D eigenvalue weighted by Crippen LogP contribution is -2.11. The molecule has 0 radical (unpaired) electrons. The van der Waals surface area contributed by atoms with Crippen molar-refractivity contribution in [2.45, 2.75) is 6.42 Å². The second-order valence-corrected chi connectivity index (χ2v) is 3.45. The van der Waals surface area contributed by atoms with Gasteiger partial charge in [-0.05, 0) is 24.6 Å². The van der Waals surface area contributed by atoms with Crippen LogP contribution in [0.5, 0.6) is 0 Å². The highest BCUT2D eigenvalue weighted by Crippen LogP contribution is 2.20. The topological polar surface area (TPSA) is 24.9 Å². The quantitative estimate of drug-likeness (QED) is 0.828. The monoisotopic (exact) mass is 204 g/mol. The van der Waals surface area contributed by atoms with E-state index in [1.807, 2.05) is 19.2 Å². The van der Waals surface area contributed by atoms with Crippen molar-refractivity contribution in [3.8, 4) is 0 Å². The molecule has 0 aliphatic carbocycles. The van der Waals surface area contributed by atoms with E-state index in [2.05, 4.69) is 10.3 Å². The van der Waals surface area contributed by atoms with E-state index in [1.54, 1.807) is 12.3 Å². The fourth-order valence-corrected chi connectivity index (χ4v) is 1.69. The number of likely N-dealkylation sites (N-methyl/N-ethyl adjacent to an activating group) is 1. The number of rotatable bonds is 3. The van der Waals surface area contributed by atoms with Crippen LogP contribution in [0, 0.1) is 5.82 Å². The van der Waals surface area contributed by atoms with Gasteiger partial charge in [-0.2, -0.15) is 0 Å². The van der Waals surface area contributed by atoms with Gasteiger partial charge in [0.05, 0.1) is 5.69 Å². The Balaban J connectivity index is 2.53. The molecule has 1 N–H and O–H groups in total. The van der Waals surface area contributed by atoms with E-state index in [0.717, 1.165) is 24.0 Å². The molecule has 0 saturated carbocycles. The van der Waals surface area contributed by atoms with Gasteiger partial charge in [0.2, 0.25) is 0 Å². The Morgan fingerprint density at radius 1 is 1.33 bits per heavy atom. The first kappa shape index (κ1) is 10.1. The van der Waals surface area contributed by atoms with Crippen molar-refractivity contribution in [2.75, 3.05) is 13.6 Å². The Morgan fingerprint density at radius 2 is 2.20 bits per heavy atom. The summed E-state index contributed by atoms with van der Waals surface area (Å²) < 4.78 is 13.6. The Hall–Kier alpha value is -1.48. The number of hydrogen-bond donors (Lipinski definition) is 1. The first-order valence-corrected chi connectivity index (χ1v) is 4.99. The highest BCUT2D eigenvalue weighted by Gasteiger charge is 2.06. The summed E-state index contributed by atoms with van der Waals surface area (Å²) in [7, 11) is 1.88. The van der Waals surface area contributed by atoms with Crippen LogP contribution in [0.4, 0.5) is 4.39 Å². The summed E-state index contributed by atoms with van der Waals surface area (Å²) in [6, 6.07) is 6.94. The smallest absolute Gasteiger partial charge is 0.132 e. The molecule has 1 aromatic carbocycles. The minimum absolute atomic E-state index is 0.188. The van der Waals surface area contributed by atoms with Gasteiger partial charge in [0, 0.05) is 24.5 Å². The lowest BCUT2D eigenvalue weighted by Gasteiger charge is -2.05. The maximum absolute atomic E-state index is 13.6. The van der Waals surface area contributed by atoms with Crippen molar-refractivity contribution < 1.29 is 4.39 Å². The molecule has 0 amide bonds. The van der Waals surface area contributed by atoms with Crippen LogP contribution in [0.3, 0.4) is 0 Å². The molecule has 15 heavy (non-hydrogen) atoms. The molecule has 2 aromatic rings. The third-order valence-electron chi connectivity index (χ3n) is 2.43. The van der Waals surface area contributed by atoms with Crippen molar-refractivity contribution in [3.05, 3.63) is 42.0 Å². The van der Waals surface area contributed by atoms with Crippen LogP contribution in [0.15, 0.2) is 30.5 Å². The zero-order chi connectivity index (χ0) is 10.7. The van der Waals surface area contributed by atoms with E-state index < -0.39 is 0 Å². The van der Waals surface area contributed by atoms with Gasteiger partial charge in [-0.25, -0.2) is 4.39 Å². The predicted molar refractivity (Wildman–Crippen MR) is 59.3 cm³/mol. The molecule has 0 saturated heterocycles. The Bertz CT molecular complexity index is 463. The average Bonchev–Trinajstić information content (AvgIpc) is 2.26. The second kappa shape index (κ2) is 4.36. The summed E-state index contributed by atoms with van der Waals surface area (Å²) in [5.41, 5.74) is 0.819. The molecule has 3 heteroatoms. The van der Waals surface area contributed by atoms with Gasteiger partial charge in [0.15, 0.2) is 0 Å². The Morgan fingerprint density at radius 3 is 3.00 bits per heavy atom. The molecule has 2 rings (SSSR count). The van der Waals surface area contributed by atoms with Gasteiger partial charge in [-0.15, -0.1) is 0 Å². The molecule has 1 heterocycles. The zero-order valence-corrected chi connectivity index (χ0v) is 8.63. The van der Waals surface area contributed by atoms with Gasteiger partial charge < -0.3 is 5.32 Å². The first-order valence-electron chi connectivity index (χ1n) is 4.99. The number of fused-ring (bicyclic) bond motifs is 1. The van der Waals surface area contributed by atoms with Crippen LogP contribution >= 0.6 is 0 Å². The maximum Gasteiger partial charge on any atom is 0.132 e. The molecular formula is C12H13FN2. The molecule has 0 spiro atoms. The van der Waals surface area contributed by atoms with Gasteiger partial charge >= 0.3 is 0 Å².